The van der Waals surface area contributed by atoms with Crippen molar-refractivity contribution >= 4 is 7.12 Å². The summed E-state index contributed by atoms with van der Waals surface area (Å²) < 4.78 is 12.3. The molecule has 1 aliphatic rings. The second-order valence-corrected chi connectivity index (χ2v) is 6.05. The molecular formula is C15H23BO2. The molecule has 1 aliphatic heterocycles. The zero-order valence-electron chi connectivity index (χ0n) is 12.1. The summed E-state index contributed by atoms with van der Waals surface area (Å²) in [6.07, 6.45) is 1.01. The van der Waals surface area contributed by atoms with Gasteiger partial charge in [0, 0.05) is 5.82 Å². The van der Waals surface area contributed by atoms with E-state index in [0.29, 0.717) is 5.82 Å². The molecule has 0 N–H and O–H groups in total. The van der Waals surface area contributed by atoms with Crippen LogP contribution in [0.1, 0.15) is 52.4 Å². The van der Waals surface area contributed by atoms with E-state index < -0.39 is 0 Å². The van der Waals surface area contributed by atoms with Crippen molar-refractivity contribution in [2.24, 2.45) is 0 Å². The molecule has 0 aliphatic carbocycles. The summed E-state index contributed by atoms with van der Waals surface area (Å²) >= 11 is 0. The molecule has 0 spiro atoms. The molecule has 3 heteroatoms. The molecule has 1 fully saturated rings. The molecule has 18 heavy (non-hydrogen) atoms. The number of rotatable bonds is 3. The Balaban J connectivity index is 2.22. The molecule has 0 radical (unpaired) electrons. The lowest BCUT2D eigenvalue weighted by atomic mass is 9.66. The van der Waals surface area contributed by atoms with Gasteiger partial charge in [-0.25, -0.2) is 0 Å². The molecule has 0 aromatic heterocycles. The van der Waals surface area contributed by atoms with Crippen LogP contribution in [-0.2, 0) is 9.31 Å². The van der Waals surface area contributed by atoms with Crippen molar-refractivity contribution in [1.82, 2.24) is 0 Å². The maximum Gasteiger partial charge on any atom is 0.465 e. The molecule has 0 unspecified atom stereocenters. The first kappa shape index (κ1) is 13.6. The zero-order valence-corrected chi connectivity index (χ0v) is 12.1. The molecule has 1 aromatic carbocycles. The van der Waals surface area contributed by atoms with E-state index in [1.807, 2.05) is 6.07 Å². The molecule has 2 nitrogen and oxygen atoms in total. The number of hydrogen-bond donors (Lipinski definition) is 0. The third-order valence-electron chi connectivity index (χ3n) is 4.27. The largest absolute Gasteiger partial charge is 0.465 e. The normalized spacial score (nSPS) is 23.1. The molecule has 0 bridgehead atoms. The van der Waals surface area contributed by atoms with Gasteiger partial charge in [-0.05, 0) is 33.3 Å². The van der Waals surface area contributed by atoms with E-state index in [2.05, 4.69) is 58.9 Å². The van der Waals surface area contributed by atoms with Crippen molar-refractivity contribution in [3.05, 3.63) is 35.9 Å². The van der Waals surface area contributed by atoms with Gasteiger partial charge in [0.2, 0.25) is 0 Å². The Morgan fingerprint density at radius 1 is 1.00 bits per heavy atom. The summed E-state index contributed by atoms with van der Waals surface area (Å²) in [6.45, 7) is 10.6. The van der Waals surface area contributed by atoms with E-state index in [-0.39, 0.29) is 18.3 Å². The third-order valence-corrected chi connectivity index (χ3v) is 4.27. The highest BCUT2D eigenvalue weighted by atomic mass is 16.7. The first-order valence-electron chi connectivity index (χ1n) is 6.78. The lowest BCUT2D eigenvalue weighted by molar-refractivity contribution is 0.00578. The van der Waals surface area contributed by atoms with Gasteiger partial charge in [-0.3, -0.25) is 0 Å². The van der Waals surface area contributed by atoms with Gasteiger partial charge in [0.25, 0.3) is 0 Å². The molecule has 0 amide bonds. The lowest BCUT2D eigenvalue weighted by Crippen LogP contribution is -2.41. The highest BCUT2D eigenvalue weighted by Gasteiger charge is 2.53. The standard InChI is InChI=1S/C15H23BO2/c1-6-13(12-10-8-7-9-11-12)16-17-14(2,3)15(4,5)18-16/h7-11,13H,6H2,1-5H3/t13-/m0/s1. The highest BCUT2D eigenvalue weighted by molar-refractivity contribution is 6.47. The molecule has 1 saturated heterocycles. The minimum atomic E-state index is -0.250. The maximum absolute atomic E-state index is 6.15. The Morgan fingerprint density at radius 2 is 1.50 bits per heavy atom. The number of hydrogen-bond acceptors (Lipinski definition) is 2. The third kappa shape index (κ3) is 2.34. The van der Waals surface area contributed by atoms with Gasteiger partial charge in [0.1, 0.15) is 0 Å². The van der Waals surface area contributed by atoms with Crippen LogP contribution in [0.2, 0.25) is 0 Å². The van der Waals surface area contributed by atoms with Crippen LogP contribution in [0.5, 0.6) is 0 Å². The minimum Gasteiger partial charge on any atom is -0.403 e. The monoisotopic (exact) mass is 246 g/mol. The van der Waals surface area contributed by atoms with Crippen molar-refractivity contribution in [3.63, 3.8) is 0 Å². The first-order valence-corrected chi connectivity index (χ1v) is 6.78. The Morgan fingerprint density at radius 3 is 1.94 bits per heavy atom. The fourth-order valence-corrected chi connectivity index (χ4v) is 2.34. The van der Waals surface area contributed by atoms with E-state index >= 15 is 0 Å². The van der Waals surface area contributed by atoms with Gasteiger partial charge < -0.3 is 9.31 Å². The van der Waals surface area contributed by atoms with Crippen molar-refractivity contribution in [1.29, 1.82) is 0 Å². The molecule has 98 valence electrons. The van der Waals surface area contributed by atoms with E-state index in [1.54, 1.807) is 0 Å². The molecule has 1 atom stereocenters. The van der Waals surface area contributed by atoms with Gasteiger partial charge in [0.15, 0.2) is 0 Å². The van der Waals surface area contributed by atoms with Gasteiger partial charge in [-0.1, -0.05) is 43.7 Å². The van der Waals surface area contributed by atoms with Crippen LogP contribution in [0.3, 0.4) is 0 Å². The van der Waals surface area contributed by atoms with E-state index in [0.717, 1.165) is 6.42 Å². The summed E-state index contributed by atoms with van der Waals surface area (Å²) in [5.74, 6) is 0.298. The van der Waals surface area contributed by atoms with Crippen molar-refractivity contribution in [2.45, 2.75) is 58.1 Å². The average molecular weight is 246 g/mol. The van der Waals surface area contributed by atoms with Crippen LogP contribution < -0.4 is 0 Å². The highest BCUT2D eigenvalue weighted by Crippen LogP contribution is 2.41. The Bertz CT molecular complexity index is 384. The van der Waals surface area contributed by atoms with E-state index in [1.165, 1.54) is 5.56 Å². The zero-order chi connectivity index (χ0) is 13.4. The maximum atomic E-state index is 6.15. The van der Waals surface area contributed by atoms with Crippen LogP contribution in [0, 0.1) is 0 Å². The van der Waals surface area contributed by atoms with Gasteiger partial charge in [-0.2, -0.15) is 0 Å². The molecule has 2 rings (SSSR count). The topological polar surface area (TPSA) is 18.5 Å². The SMILES string of the molecule is CC[C@H](B1OC(C)(C)C(C)(C)O1)c1ccccc1. The smallest absolute Gasteiger partial charge is 0.403 e. The van der Waals surface area contributed by atoms with Crippen molar-refractivity contribution in [2.75, 3.05) is 0 Å². The second kappa shape index (κ2) is 4.71. The quantitative estimate of drug-likeness (QED) is 0.755. The van der Waals surface area contributed by atoms with Gasteiger partial charge in [0.05, 0.1) is 11.2 Å². The van der Waals surface area contributed by atoms with Crippen LogP contribution in [0.4, 0.5) is 0 Å². The van der Waals surface area contributed by atoms with Gasteiger partial charge in [-0.15, -0.1) is 0 Å². The van der Waals surface area contributed by atoms with Crippen molar-refractivity contribution < 1.29 is 9.31 Å². The Labute approximate surface area is 111 Å². The predicted molar refractivity (Wildman–Crippen MR) is 75.6 cm³/mol. The molecule has 0 saturated carbocycles. The summed E-state index contributed by atoms with van der Waals surface area (Å²) in [5, 5.41) is 0. The lowest BCUT2D eigenvalue weighted by Gasteiger charge is -2.32. The van der Waals surface area contributed by atoms with Crippen LogP contribution in [0.15, 0.2) is 30.3 Å². The molecule has 1 heterocycles. The number of benzene rings is 1. The van der Waals surface area contributed by atoms with Crippen LogP contribution >= 0.6 is 0 Å². The minimum absolute atomic E-state index is 0.151. The molecule has 1 aromatic rings. The predicted octanol–water partition coefficient (Wildman–Crippen LogP) is 3.81. The molecular weight excluding hydrogens is 223 g/mol. The summed E-state index contributed by atoms with van der Waals surface area (Å²) in [6, 6.07) is 10.5. The fraction of sp³-hybridized carbons (Fsp3) is 0.600. The van der Waals surface area contributed by atoms with E-state index in [4.69, 9.17) is 9.31 Å². The summed E-state index contributed by atoms with van der Waals surface area (Å²) in [7, 11) is -0.151. The Kier molecular flexibility index (Phi) is 3.57. The fourth-order valence-electron chi connectivity index (χ4n) is 2.34. The summed E-state index contributed by atoms with van der Waals surface area (Å²) in [5.41, 5.74) is 0.790. The van der Waals surface area contributed by atoms with E-state index in [9.17, 15) is 0 Å². The van der Waals surface area contributed by atoms with Crippen LogP contribution in [0.25, 0.3) is 0 Å². The van der Waals surface area contributed by atoms with Gasteiger partial charge >= 0.3 is 7.12 Å². The van der Waals surface area contributed by atoms with Crippen LogP contribution in [-0.4, -0.2) is 18.3 Å². The summed E-state index contributed by atoms with van der Waals surface area (Å²) in [4.78, 5) is 0. The Hall–Kier alpha value is -0.795. The first-order chi connectivity index (χ1) is 8.37. The average Bonchev–Trinajstić information content (AvgIpc) is 2.50. The second-order valence-electron chi connectivity index (χ2n) is 6.05. The van der Waals surface area contributed by atoms with Crippen molar-refractivity contribution in [3.8, 4) is 0 Å².